The number of halogens is 1. The Bertz CT molecular complexity index is 687. The van der Waals surface area contributed by atoms with Crippen molar-refractivity contribution < 1.29 is 12.8 Å². The maximum Gasteiger partial charge on any atom is 0.237 e. The molecule has 0 aromatic heterocycles. The molecule has 6 heteroatoms. The molecule has 0 aliphatic heterocycles. The third-order valence-corrected chi connectivity index (χ3v) is 3.69. The van der Waals surface area contributed by atoms with Crippen molar-refractivity contribution in [3.8, 4) is 0 Å². The van der Waals surface area contributed by atoms with Crippen LogP contribution < -0.4 is 10.5 Å². The van der Waals surface area contributed by atoms with Crippen molar-refractivity contribution in [1.82, 2.24) is 0 Å². The van der Waals surface area contributed by atoms with Gasteiger partial charge in [0.2, 0.25) is 10.0 Å². The minimum atomic E-state index is -3.67. The summed E-state index contributed by atoms with van der Waals surface area (Å²) in [4.78, 5) is 0. The third-order valence-electron chi connectivity index (χ3n) is 2.45. The predicted octanol–water partition coefficient (Wildman–Crippen LogP) is 2.35. The van der Waals surface area contributed by atoms with E-state index in [9.17, 15) is 12.8 Å². The minimum Gasteiger partial charge on any atom is -0.399 e. The smallest absolute Gasteiger partial charge is 0.237 e. The van der Waals surface area contributed by atoms with Crippen LogP contribution in [0.5, 0.6) is 0 Å². The van der Waals surface area contributed by atoms with Crippen LogP contribution in [0.1, 0.15) is 5.56 Å². The number of benzene rings is 2. The zero-order chi connectivity index (χ0) is 13.9. The van der Waals surface area contributed by atoms with Gasteiger partial charge in [0, 0.05) is 5.69 Å². The monoisotopic (exact) mass is 280 g/mol. The van der Waals surface area contributed by atoms with Crippen LogP contribution in [0.3, 0.4) is 0 Å². The van der Waals surface area contributed by atoms with Gasteiger partial charge in [-0.05, 0) is 29.8 Å². The Balaban J connectivity index is 2.18. The van der Waals surface area contributed by atoms with E-state index in [1.165, 1.54) is 18.2 Å². The first-order chi connectivity index (χ1) is 8.96. The largest absolute Gasteiger partial charge is 0.399 e. The lowest BCUT2D eigenvalue weighted by atomic mass is 10.2. The van der Waals surface area contributed by atoms with Crippen LogP contribution >= 0.6 is 0 Å². The Morgan fingerprint density at radius 1 is 1.11 bits per heavy atom. The van der Waals surface area contributed by atoms with E-state index in [2.05, 4.69) is 4.72 Å². The Hall–Kier alpha value is -2.08. The molecule has 0 atom stereocenters. The number of nitrogen functional groups attached to an aromatic ring is 1. The lowest BCUT2D eigenvalue weighted by Crippen LogP contribution is -2.16. The number of rotatable bonds is 4. The number of nitrogens with one attached hydrogen (secondary N) is 1. The molecular weight excluding hydrogens is 267 g/mol. The molecule has 0 fully saturated rings. The maximum atomic E-state index is 13.4. The molecular formula is C13H13FN2O2S. The van der Waals surface area contributed by atoms with Gasteiger partial charge < -0.3 is 5.73 Å². The van der Waals surface area contributed by atoms with Crippen LogP contribution in [0.15, 0.2) is 48.5 Å². The average Bonchev–Trinajstić information content (AvgIpc) is 2.31. The van der Waals surface area contributed by atoms with Crippen LogP contribution in [0, 0.1) is 5.82 Å². The zero-order valence-corrected chi connectivity index (χ0v) is 10.8. The van der Waals surface area contributed by atoms with E-state index in [4.69, 9.17) is 5.73 Å². The normalized spacial score (nSPS) is 11.2. The topological polar surface area (TPSA) is 72.2 Å². The van der Waals surface area contributed by atoms with Gasteiger partial charge in [-0.15, -0.1) is 0 Å². The van der Waals surface area contributed by atoms with Crippen LogP contribution in [0.2, 0.25) is 0 Å². The van der Waals surface area contributed by atoms with Gasteiger partial charge >= 0.3 is 0 Å². The highest BCUT2D eigenvalue weighted by atomic mass is 32.2. The second-order valence-electron chi connectivity index (χ2n) is 4.09. The first-order valence-corrected chi connectivity index (χ1v) is 7.21. The summed E-state index contributed by atoms with van der Waals surface area (Å²) in [6, 6.07) is 12.2. The Kier molecular flexibility index (Phi) is 3.71. The number of hydrogen-bond donors (Lipinski definition) is 2. The molecule has 19 heavy (non-hydrogen) atoms. The van der Waals surface area contributed by atoms with Crippen LogP contribution in [0.25, 0.3) is 0 Å². The van der Waals surface area contributed by atoms with Crippen LogP contribution in [0.4, 0.5) is 15.8 Å². The van der Waals surface area contributed by atoms with Crippen molar-refractivity contribution in [3.05, 3.63) is 59.9 Å². The second kappa shape index (κ2) is 5.27. The summed E-state index contributed by atoms with van der Waals surface area (Å²) in [7, 11) is -3.67. The number of anilines is 2. The predicted molar refractivity (Wildman–Crippen MR) is 73.5 cm³/mol. The Morgan fingerprint density at radius 3 is 2.53 bits per heavy atom. The number of hydrogen-bond acceptors (Lipinski definition) is 3. The molecule has 2 aromatic carbocycles. The molecule has 0 heterocycles. The van der Waals surface area contributed by atoms with E-state index in [1.807, 2.05) is 0 Å². The van der Waals surface area contributed by atoms with Crippen molar-refractivity contribution in [1.29, 1.82) is 0 Å². The highest BCUT2D eigenvalue weighted by Crippen LogP contribution is 2.17. The molecule has 100 valence electrons. The molecule has 0 aliphatic rings. The van der Waals surface area contributed by atoms with E-state index < -0.39 is 15.8 Å². The first-order valence-electron chi connectivity index (χ1n) is 5.56. The van der Waals surface area contributed by atoms with Gasteiger partial charge in [-0.25, -0.2) is 12.8 Å². The molecule has 0 amide bonds. The number of para-hydroxylation sites is 1. The lowest BCUT2D eigenvalue weighted by Gasteiger charge is -2.09. The molecule has 0 saturated carbocycles. The van der Waals surface area contributed by atoms with Crippen molar-refractivity contribution >= 4 is 21.4 Å². The number of sulfonamides is 1. The minimum absolute atomic E-state index is 0.0635. The summed E-state index contributed by atoms with van der Waals surface area (Å²) >= 11 is 0. The summed E-state index contributed by atoms with van der Waals surface area (Å²) in [5.74, 6) is -0.870. The van der Waals surface area contributed by atoms with Gasteiger partial charge in [-0.2, -0.15) is 0 Å². The van der Waals surface area contributed by atoms with Gasteiger partial charge in [0.1, 0.15) is 5.82 Å². The maximum absolute atomic E-state index is 13.4. The molecule has 0 spiro atoms. The van der Waals surface area contributed by atoms with E-state index in [0.29, 0.717) is 11.3 Å². The first kappa shape index (κ1) is 13.4. The van der Waals surface area contributed by atoms with Crippen molar-refractivity contribution in [3.63, 3.8) is 0 Å². The van der Waals surface area contributed by atoms with Gasteiger partial charge in [0.15, 0.2) is 0 Å². The van der Waals surface area contributed by atoms with Gasteiger partial charge in [0.05, 0.1) is 11.4 Å². The molecule has 0 bridgehead atoms. The lowest BCUT2D eigenvalue weighted by molar-refractivity contribution is 0.598. The average molecular weight is 280 g/mol. The molecule has 4 nitrogen and oxygen atoms in total. The molecule has 0 unspecified atom stereocenters. The highest BCUT2D eigenvalue weighted by molar-refractivity contribution is 7.91. The standard InChI is InChI=1S/C13H13FN2O2S/c14-12-6-1-2-7-13(12)16-19(17,18)9-10-4-3-5-11(15)8-10/h1-8,16H,9,15H2. The fraction of sp³-hybridized carbons (Fsp3) is 0.0769. The van der Waals surface area contributed by atoms with Crippen molar-refractivity contribution in [2.24, 2.45) is 0 Å². The van der Waals surface area contributed by atoms with E-state index in [-0.39, 0.29) is 11.4 Å². The second-order valence-corrected chi connectivity index (χ2v) is 5.81. The van der Waals surface area contributed by atoms with E-state index in [0.717, 1.165) is 0 Å². The molecule has 0 radical (unpaired) electrons. The zero-order valence-electron chi connectivity index (χ0n) is 10.0. The fourth-order valence-electron chi connectivity index (χ4n) is 1.65. The SMILES string of the molecule is Nc1cccc(CS(=O)(=O)Nc2ccccc2F)c1. The molecule has 2 rings (SSSR count). The third kappa shape index (κ3) is 3.69. The summed E-state index contributed by atoms with van der Waals surface area (Å²) in [6.45, 7) is 0. The molecule has 0 saturated heterocycles. The quantitative estimate of drug-likeness (QED) is 0.844. The van der Waals surface area contributed by atoms with Crippen LogP contribution in [-0.2, 0) is 15.8 Å². The number of nitrogens with two attached hydrogens (primary N) is 1. The Morgan fingerprint density at radius 2 is 1.84 bits per heavy atom. The van der Waals surface area contributed by atoms with Crippen LogP contribution in [-0.4, -0.2) is 8.42 Å². The molecule has 0 aliphatic carbocycles. The Labute approximate surface area is 111 Å². The van der Waals surface area contributed by atoms with Crippen molar-refractivity contribution in [2.45, 2.75) is 5.75 Å². The summed E-state index contributed by atoms with van der Waals surface area (Å²) < 4.78 is 39.4. The molecule has 3 N–H and O–H groups in total. The summed E-state index contributed by atoms with van der Waals surface area (Å²) in [6.07, 6.45) is 0. The van der Waals surface area contributed by atoms with Gasteiger partial charge in [0.25, 0.3) is 0 Å². The van der Waals surface area contributed by atoms with E-state index in [1.54, 1.807) is 30.3 Å². The summed E-state index contributed by atoms with van der Waals surface area (Å²) in [5.41, 5.74) is 6.55. The summed E-state index contributed by atoms with van der Waals surface area (Å²) in [5, 5.41) is 0. The highest BCUT2D eigenvalue weighted by Gasteiger charge is 2.13. The van der Waals surface area contributed by atoms with Gasteiger partial charge in [-0.1, -0.05) is 24.3 Å². The van der Waals surface area contributed by atoms with Crippen molar-refractivity contribution in [2.75, 3.05) is 10.5 Å². The molecule has 2 aromatic rings. The van der Waals surface area contributed by atoms with Gasteiger partial charge in [-0.3, -0.25) is 4.72 Å². The fourth-order valence-corrected chi connectivity index (χ4v) is 2.84. The van der Waals surface area contributed by atoms with E-state index >= 15 is 0 Å².